The van der Waals surface area contributed by atoms with Gasteiger partial charge in [-0.15, -0.1) is 0 Å². The van der Waals surface area contributed by atoms with Crippen LogP contribution in [0, 0.1) is 5.92 Å². The first-order valence-electron chi connectivity index (χ1n) is 8.78. The van der Waals surface area contributed by atoms with Gasteiger partial charge in [-0.3, -0.25) is 19.7 Å². The van der Waals surface area contributed by atoms with Gasteiger partial charge in [0.25, 0.3) is 5.91 Å². The third kappa shape index (κ3) is 3.55. The van der Waals surface area contributed by atoms with Gasteiger partial charge in [-0.25, -0.2) is 0 Å². The quantitative estimate of drug-likeness (QED) is 0.737. The summed E-state index contributed by atoms with van der Waals surface area (Å²) in [5, 5.41) is 12.8. The molecule has 1 fully saturated rings. The summed E-state index contributed by atoms with van der Waals surface area (Å²) in [6, 6.07) is 11.0. The molecule has 6 nitrogen and oxygen atoms in total. The van der Waals surface area contributed by atoms with Gasteiger partial charge in [0.2, 0.25) is 0 Å². The van der Waals surface area contributed by atoms with Gasteiger partial charge in [-0.2, -0.15) is 0 Å². The highest BCUT2D eigenvalue weighted by Crippen LogP contribution is 2.31. The van der Waals surface area contributed by atoms with Gasteiger partial charge in [0.1, 0.15) is 0 Å². The minimum atomic E-state index is -0.265. The van der Waals surface area contributed by atoms with Crippen molar-refractivity contribution in [3.63, 3.8) is 0 Å². The molecule has 132 valence electrons. The molecule has 0 spiro atoms. The molecule has 2 aromatic heterocycles. The lowest BCUT2D eigenvalue weighted by Crippen LogP contribution is -2.48. The van der Waals surface area contributed by atoms with E-state index in [1.165, 1.54) is 0 Å². The lowest BCUT2D eigenvalue weighted by Gasteiger charge is -2.38. The number of aliphatic hydroxyl groups excluding tert-OH is 1. The summed E-state index contributed by atoms with van der Waals surface area (Å²) >= 11 is 0. The van der Waals surface area contributed by atoms with Crippen LogP contribution in [-0.2, 0) is 6.42 Å². The van der Waals surface area contributed by atoms with Crippen molar-refractivity contribution in [2.75, 3.05) is 0 Å². The molecule has 26 heavy (non-hydrogen) atoms. The molecule has 3 aromatic rings. The zero-order valence-corrected chi connectivity index (χ0v) is 14.2. The maximum atomic E-state index is 12.8. The van der Waals surface area contributed by atoms with Crippen molar-refractivity contribution < 1.29 is 9.90 Å². The standard InChI is InChI=1S/C20H20N4O2/c25-16-9-14(10-16)18(12-15-3-1-2-6-21-15)24-20(26)13-4-5-17-19(11-13)23-8-7-22-17/h1-8,11,14,16,18,25H,9-10,12H2,(H,24,26)/t14?,16?,18-/m0/s1. The Morgan fingerprint density at radius 1 is 1.08 bits per heavy atom. The van der Waals surface area contributed by atoms with Crippen LogP contribution in [0.3, 0.4) is 0 Å². The summed E-state index contributed by atoms with van der Waals surface area (Å²) in [6.07, 6.45) is 6.81. The fourth-order valence-corrected chi connectivity index (χ4v) is 3.39. The Morgan fingerprint density at radius 2 is 1.88 bits per heavy atom. The molecule has 4 rings (SSSR count). The Morgan fingerprint density at radius 3 is 2.62 bits per heavy atom. The maximum absolute atomic E-state index is 12.8. The molecule has 1 saturated carbocycles. The number of nitrogens with one attached hydrogen (secondary N) is 1. The predicted octanol–water partition coefficient (Wildman–Crippen LogP) is 2.14. The summed E-state index contributed by atoms with van der Waals surface area (Å²) in [4.78, 5) is 25.6. The molecule has 2 N–H and O–H groups in total. The largest absolute Gasteiger partial charge is 0.393 e. The van der Waals surface area contributed by atoms with Crippen LogP contribution in [0.15, 0.2) is 55.0 Å². The second kappa shape index (κ2) is 7.17. The van der Waals surface area contributed by atoms with Crippen LogP contribution < -0.4 is 5.32 Å². The van der Waals surface area contributed by atoms with Gasteiger partial charge in [0.15, 0.2) is 0 Å². The molecule has 0 unspecified atom stereocenters. The highest BCUT2D eigenvalue weighted by atomic mass is 16.3. The first-order chi connectivity index (χ1) is 12.7. The SMILES string of the molecule is O=C(N[C@@H](Cc1ccccn1)C1CC(O)C1)c1ccc2nccnc2c1. The number of carbonyl (C=O) groups is 1. The Bertz CT molecular complexity index is 910. The summed E-state index contributed by atoms with van der Waals surface area (Å²) in [5.74, 6) is 0.121. The average molecular weight is 348 g/mol. The number of fused-ring (bicyclic) bond motifs is 1. The molecular formula is C20H20N4O2. The van der Waals surface area contributed by atoms with Crippen LogP contribution in [0.25, 0.3) is 11.0 Å². The van der Waals surface area contributed by atoms with E-state index in [9.17, 15) is 9.90 Å². The second-order valence-electron chi connectivity index (χ2n) is 6.75. The van der Waals surface area contributed by atoms with Crippen LogP contribution in [0.1, 0.15) is 28.9 Å². The monoisotopic (exact) mass is 348 g/mol. The van der Waals surface area contributed by atoms with Crippen molar-refractivity contribution in [3.05, 3.63) is 66.2 Å². The van der Waals surface area contributed by atoms with E-state index in [2.05, 4.69) is 20.3 Å². The minimum Gasteiger partial charge on any atom is -0.393 e. The van der Waals surface area contributed by atoms with Crippen LogP contribution in [-0.4, -0.2) is 38.1 Å². The molecule has 1 aliphatic rings. The van der Waals surface area contributed by atoms with Gasteiger partial charge >= 0.3 is 0 Å². The maximum Gasteiger partial charge on any atom is 0.251 e. The molecule has 1 aromatic carbocycles. The highest BCUT2D eigenvalue weighted by molar-refractivity contribution is 5.97. The number of rotatable bonds is 5. The first kappa shape index (κ1) is 16.6. The van der Waals surface area contributed by atoms with Crippen LogP contribution in [0.4, 0.5) is 0 Å². The fourth-order valence-electron chi connectivity index (χ4n) is 3.39. The summed E-state index contributed by atoms with van der Waals surface area (Å²) in [5.41, 5.74) is 2.95. The van der Waals surface area contributed by atoms with Crippen molar-refractivity contribution in [2.24, 2.45) is 5.92 Å². The summed E-state index contributed by atoms with van der Waals surface area (Å²) in [6.45, 7) is 0. The number of nitrogens with zero attached hydrogens (tertiary/aromatic N) is 3. The van der Waals surface area contributed by atoms with E-state index in [0.717, 1.165) is 11.2 Å². The third-order valence-electron chi connectivity index (χ3n) is 4.92. The molecule has 1 aliphatic carbocycles. The minimum absolute atomic E-state index is 0.0571. The summed E-state index contributed by atoms with van der Waals surface area (Å²) < 4.78 is 0. The van der Waals surface area contributed by atoms with Gasteiger partial charge in [0, 0.05) is 42.3 Å². The predicted molar refractivity (Wildman–Crippen MR) is 97.5 cm³/mol. The van der Waals surface area contributed by atoms with Crippen LogP contribution in [0.5, 0.6) is 0 Å². The lowest BCUT2D eigenvalue weighted by molar-refractivity contribution is 0.0238. The van der Waals surface area contributed by atoms with E-state index in [-0.39, 0.29) is 24.0 Å². The topological polar surface area (TPSA) is 88.0 Å². The number of pyridine rings is 1. The Hall–Kier alpha value is -2.86. The van der Waals surface area contributed by atoms with E-state index >= 15 is 0 Å². The van der Waals surface area contributed by atoms with Gasteiger partial charge in [-0.1, -0.05) is 6.07 Å². The molecule has 0 aliphatic heterocycles. The number of hydrogen-bond acceptors (Lipinski definition) is 5. The van der Waals surface area contributed by atoms with Crippen molar-refractivity contribution in [1.82, 2.24) is 20.3 Å². The second-order valence-corrected chi connectivity index (χ2v) is 6.75. The van der Waals surface area contributed by atoms with Crippen molar-refractivity contribution >= 4 is 16.9 Å². The van der Waals surface area contributed by atoms with E-state index in [0.29, 0.717) is 30.3 Å². The van der Waals surface area contributed by atoms with E-state index in [1.807, 2.05) is 18.2 Å². The molecule has 0 bridgehead atoms. The average Bonchev–Trinajstić information content (AvgIpc) is 2.65. The number of aliphatic hydroxyl groups is 1. The molecule has 6 heteroatoms. The molecule has 0 saturated heterocycles. The van der Waals surface area contributed by atoms with E-state index in [1.54, 1.807) is 36.8 Å². The van der Waals surface area contributed by atoms with Gasteiger partial charge < -0.3 is 10.4 Å². The van der Waals surface area contributed by atoms with Gasteiger partial charge in [0.05, 0.1) is 17.1 Å². The van der Waals surface area contributed by atoms with Crippen molar-refractivity contribution in [2.45, 2.75) is 31.4 Å². The Kier molecular flexibility index (Phi) is 4.58. The van der Waals surface area contributed by atoms with Crippen molar-refractivity contribution in [3.8, 4) is 0 Å². The lowest BCUT2D eigenvalue weighted by atomic mass is 9.76. The van der Waals surface area contributed by atoms with Crippen LogP contribution in [0.2, 0.25) is 0 Å². The normalized spacial score (nSPS) is 20.3. The Balaban J connectivity index is 1.52. The highest BCUT2D eigenvalue weighted by Gasteiger charge is 2.35. The number of benzene rings is 1. The smallest absolute Gasteiger partial charge is 0.251 e. The number of hydrogen-bond donors (Lipinski definition) is 2. The van der Waals surface area contributed by atoms with Gasteiger partial charge in [-0.05, 0) is 49.1 Å². The van der Waals surface area contributed by atoms with E-state index in [4.69, 9.17) is 0 Å². The van der Waals surface area contributed by atoms with Crippen LogP contribution >= 0.6 is 0 Å². The number of aromatic nitrogens is 3. The zero-order valence-electron chi connectivity index (χ0n) is 14.2. The molecule has 1 atom stereocenters. The number of carbonyl (C=O) groups excluding carboxylic acids is 1. The first-order valence-corrected chi connectivity index (χ1v) is 8.78. The number of amides is 1. The zero-order chi connectivity index (χ0) is 17.9. The fraction of sp³-hybridized carbons (Fsp3) is 0.300. The molecule has 0 radical (unpaired) electrons. The molecule has 2 heterocycles. The molecule has 1 amide bonds. The van der Waals surface area contributed by atoms with E-state index < -0.39 is 0 Å². The Labute approximate surface area is 151 Å². The van der Waals surface area contributed by atoms with Crippen molar-refractivity contribution in [1.29, 1.82) is 0 Å². The molecular weight excluding hydrogens is 328 g/mol. The third-order valence-corrected chi connectivity index (χ3v) is 4.92. The summed E-state index contributed by atoms with van der Waals surface area (Å²) in [7, 11) is 0.